The van der Waals surface area contributed by atoms with E-state index in [1.807, 2.05) is 0 Å². The van der Waals surface area contributed by atoms with E-state index in [0.717, 1.165) is 5.69 Å². The van der Waals surface area contributed by atoms with E-state index in [9.17, 15) is 8.42 Å². The number of nitrogen functional groups attached to an aromatic ring is 1. The molecule has 18 heavy (non-hydrogen) atoms. The molecule has 6 nitrogen and oxygen atoms in total. The van der Waals surface area contributed by atoms with Crippen LogP contribution < -0.4 is 11.1 Å². The number of hydrogen-bond acceptors (Lipinski definition) is 5. The summed E-state index contributed by atoms with van der Waals surface area (Å²) in [5.74, 6) is 0.546. The number of anilines is 3. The average Bonchev–Trinajstić information content (AvgIpc) is 2.57. The highest BCUT2D eigenvalue weighted by molar-refractivity contribution is 7.90. The third-order valence-corrected chi connectivity index (χ3v) is 3.53. The number of nitrogens with two attached hydrogens (primary N) is 1. The van der Waals surface area contributed by atoms with Crippen LogP contribution in [0.15, 0.2) is 35.4 Å². The van der Waals surface area contributed by atoms with Gasteiger partial charge >= 0.3 is 0 Å². The number of nitrogens with zero attached hydrogens (tertiary/aromatic N) is 2. The molecule has 0 aliphatic carbocycles. The number of hydrogen-bond donors (Lipinski definition) is 2. The molecule has 0 atom stereocenters. The molecule has 0 radical (unpaired) electrons. The summed E-state index contributed by atoms with van der Waals surface area (Å²) in [6.45, 7) is 0. The first-order valence-corrected chi connectivity index (χ1v) is 7.11. The standard InChI is InChI=1S/C11H14N4O2S/c1-15-7-10(12)11(14-15)13-8-3-5-9(6-4-8)18(2,16)17/h3-7H,12H2,1-2H3,(H,13,14). The molecule has 1 aromatic heterocycles. The van der Waals surface area contributed by atoms with Crippen molar-refractivity contribution in [2.45, 2.75) is 4.90 Å². The molecule has 0 bridgehead atoms. The molecule has 0 saturated heterocycles. The van der Waals surface area contributed by atoms with E-state index in [0.29, 0.717) is 11.5 Å². The highest BCUT2D eigenvalue weighted by Crippen LogP contribution is 2.21. The summed E-state index contributed by atoms with van der Waals surface area (Å²) in [4.78, 5) is 0.280. The van der Waals surface area contributed by atoms with Gasteiger partial charge in [0, 0.05) is 25.2 Å². The third-order valence-electron chi connectivity index (χ3n) is 2.40. The Kier molecular flexibility index (Phi) is 3.00. The van der Waals surface area contributed by atoms with Crippen LogP contribution in [-0.2, 0) is 16.9 Å². The van der Waals surface area contributed by atoms with Crippen molar-refractivity contribution >= 4 is 27.0 Å². The van der Waals surface area contributed by atoms with E-state index in [4.69, 9.17) is 5.73 Å². The second kappa shape index (κ2) is 4.34. The first-order valence-electron chi connectivity index (χ1n) is 5.22. The summed E-state index contributed by atoms with van der Waals surface area (Å²) < 4.78 is 24.2. The molecule has 2 rings (SSSR count). The van der Waals surface area contributed by atoms with Crippen LogP contribution in [0, 0.1) is 0 Å². The van der Waals surface area contributed by atoms with Gasteiger partial charge in [-0.15, -0.1) is 0 Å². The van der Waals surface area contributed by atoms with E-state index in [2.05, 4.69) is 10.4 Å². The van der Waals surface area contributed by atoms with Crippen LogP contribution in [0.25, 0.3) is 0 Å². The highest BCUT2D eigenvalue weighted by Gasteiger charge is 2.08. The maximum atomic E-state index is 11.3. The van der Waals surface area contributed by atoms with Gasteiger partial charge < -0.3 is 11.1 Å². The van der Waals surface area contributed by atoms with Crippen LogP contribution in [0.4, 0.5) is 17.2 Å². The SMILES string of the molecule is Cn1cc(N)c(Nc2ccc(S(C)(=O)=O)cc2)n1. The molecule has 0 unspecified atom stereocenters. The Hall–Kier alpha value is -2.02. The van der Waals surface area contributed by atoms with Gasteiger partial charge in [0.2, 0.25) is 0 Å². The van der Waals surface area contributed by atoms with Crippen molar-refractivity contribution in [1.29, 1.82) is 0 Å². The lowest BCUT2D eigenvalue weighted by Gasteiger charge is -2.05. The zero-order valence-electron chi connectivity index (χ0n) is 10.1. The van der Waals surface area contributed by atoms with Gasteiger partial charge in [0.05, 0.1) is 10.6 Å². The van der Waals surface area contributed by atoms with Crippen molar-refractivity contribution in [1.82, 2.24) is 9.78 Å². The highest BCUT2D eigenvalue weighted by atomic mass is 32.2. The lowest BCUT2D eigenvalue weighted by molar-refractivity contribution is 0.602. The summed E-state index contributed by atoms with van der Waals surface area (Å²) in [5, 5.41) is 7.16. The molecule has 0 amide bonds. The fourth-order valence-electron chi connectivity index (χ4n) is 1.53. The molecule has 2 aromatic rings. The van der Waals surface area contributed by atoms with Gasteiger partial charge in [-0.05, 0) is 24.3 Å². The number of rotatable bonds is 3. The predicted octanol–water partition coefficient (Wildman–Crippen LogP) is 1.15. The summed E-state index contributed by atoms with van der Waals surface area (Å²) in [6.07, 6.45) is 2.86. The van der Waals surface area contributed by atoms with Gasteiger partial charge in [-0.25, -0.2) is 8.42 Å². The van der Waals surface area contributed by atoms with E-state index >= 15 is 0 Å². The van der Waals surface area contributed by atoms with Crippen molar-refractivity contribution in [3.63, 3.8) is 0 Å². The minimum atomic E-state index is -3.17. The zero-order valence-corrected chi connectivity index (χ0v) is 10.9. The molecule has 0 aliphatic rings. The first kappa shape index (κ1) is 12.4. The summed E-state index contributed by atoms with van der Waals surface area (Å²) in [6, 6.07) is 6.42. The monoisotopic (exact) mass is 266 g/mol. The molecule has 3 N–H and O–H groups in total. The third kappa shape index (κ3) is 2.62. The average molecular weight is 266 g/mol. The van der Waals surface area contributed by atoms with Crippen molar-refractivity contribution < 1.29 is 8.42 Å². The Morgan fingerprint density at radius 1 is 1.28 bits per heavy atom. The van der Waals surface area contributed by atoms with Gasteiger partial charge in [-0.1, -0.05) is 0 Å². The number of aromatic nitrogens is 2. The van der Waals surface area contributed by atoms with E-state index in [1.54, 1.807) is 30.1 Å². The summed E-state index contributed by atoms with van der Waals surface area (Å²) >= 11 is 0. The first-order chi connectivity index (χ1) is 8.36. The Morgan fingerprint density at radius 2 is 1.89 bits per heavy atom. The number of benzene rings is 1. The molecular formula is C11H14N4O2S. The number of aryl methyl sites for hydroxylation is 1. The van der Waals surface area contributed by atoms with Gasteiger partial charge in [0.15, 0.2) is 15.7 Å². The van der Waals surface area contributed by atoms with Gasteiger partial charge in [0.25, 0.3) is 0 Å². The molecule has 96 valence electrons. The van der Waals surface area contributed by atoms with Crippen molar-refractivity contribution in [2.75, 3.05) is 17.3 Å². The fourth-order valence-corrected chi connectivity index (χ4v) is 2.16. The Labute approximate surface area is 105 Å². The molecule has 0 fully saturated rings. The minimum absolute atomic E-state index is 0.280. The predicted molar refractivity (Wildman–Crippen MR) is 70.5 cm³/mol. The largest absolute Gasteiger partial charge is 0.394 e. The molecule has 0 saturated carbocycles. The number of nitrogens with one attached hydrogen (secondary N) is 1. The fraction of sp³-hybridized carbons (Fsp3) is 0.182. The van der Waals surface area contributed by atoms with Crippen LogP contribution in [0.5, 0.6) is 0 Å². The van der Waals surface area contributed by atoms with Crippen LogP contribution >= 0.6 is 0 Å². The summed E-state index contributed by atoms with van der Waals surface area (Å²) in [7, 11) is -1.40. The molecule has 1 aromatic carbocycles. The quantitative estimate of drug-likeness (QED) is 0.869. The molecule has 0 spiro atoms. The van der Waals surface area contributed by atoms with Gasteiger partial charge in [0.1, 0.15) is 0 Å². The zero-order chi connectivity index (χ0) is 13.3. The Bertz CT molecular complexity index is 659. The lowest BCUT2D eigenvalue weighted by atomic mass is 10.3. The lowest BCUT2D eigenvalue weighted by Crippen LogP contribution is -1.98. The second-order valence-corrected chi connectivity index (χ2v) is 6.04. The van der Waals surface area contributed by atoms with Crippen LogP contribution in [0.2, 0.25) is 0 Å². The summed E-state index contributed by atoms with van der Waals surface area (Å²) in [5.41, 5.74) is 7.01. The molecule has 7 heteroatoms. The van der Waals surface area contributed by atoms with Crippen molar-refractivity contribution in [3.05, 3.63) is 30.5 Å². The number of sulfone groups is 1. The second-order valence-electron chi connectivity index (χ2n) is 4.03. The van der Waals surface area contributed by atoms with E-state index in [-0.39, 0.29) is 4.90 Å². The minimum Gasteiger partial charge on any atom is -0.394 e. The van der Waals surface area contributed by atoms with Crippen molar-refractivity contribution in [2.24, 2.45) is 7.05 Å². The van der Waals surface area contributed by atoms with Crippen LogP contribution in [0.1, 0.15) is 0 Å². The van der Waals surface area contributed by atoms with Crippen LogP contribution in [-0.4, -0.2) is 24.5 Å². The molecule has 1 heterocycles. The maximum Gasteiger partial charge on any atom is 0.175 e. The van der Waals surface area contributed by atoms with E-state index in [1.165, 1.54) is 18.4 Å². The van der Waals surface area contributed by atoms with E-state index < -0.39 is 9.84 Å². The topological polar surface area (TPSA) is 90.0 Å². The Morgan fingerprint density at radius 3 is 2.33 bits per heavy atom. The smallest absolute Gasteiger partial charge is 0.175 e. The van der Waals surface area contributed by atoms with Crippen molar-refractivity contribution in [3.8, 4) is 0 Å². The maximum absolute atomic E-state index is 11.3. The van der Waals surface area contributed by atoms with Crippen LogP contribution in [0.3, 0.4) is 0 Å². The Balaban J connectivity index is 2.24. The molecular weight excluding hydrogens is 252 g/mol. The van der Waals surface area contributed by atoms with Gasteiger partial charge in [-0.3, -0.25) is 4.68 Å². The molecule has 0 aliphatic heterocycles. The van der Waals surface area contributed by atoms with Gasteiger partial charge in [-0.2, -0.15) is 5.10 Å². The normalized spacial score (nSPS) is 11.4.